The van der Waals surface area contributed by atoms with E-state index in [9.17, 15) is 4.79 Å². The molecule has 0 aliphatic carbocycles. The minimum absolute atomic E-state index is 0.371. The predicted molar refractivity (Wildman–Crippen MR) is 64.0 cm³/mol. The first kappa shape index (κ1) is 12.5. The van der Waals surface area contributed by atoms with Gasteiger partial charge in [-0.2, -0.15) is 5.26 Å². The largest absolute Gasteiger partial charge is 0.467 e. The number of halogens is 1. The van der Waals surface area contributed by atoms with Crippen molar-refractivity contribution >= 4 is 27.6 Å². The first-order chi connectivity index (χ1) is 7.58. The zero-order valence-electron chi connectivity index (χ0n) is 8.95. The van der Waals surface area contributed by atoms with Crippen LogP contribution in [0.15, 0.2) is 22.7 Å². The number of hydrogen-bond acceptors (Lipinski definition) is 4. The summed E-state index contributed by atoms with van der Waals surface area (Å²) in [6.45, 7) is 1.67. The molecular formula is C11H11BrN2O2. The monoisotopic (exact) mass is 282 g/mol. The molecule has 0 amide bonds. The maximum Gasteiger partial charge on any atom is 0.327 e. The number of anilines is 1. The van der Waals surface area contributed by atoms with Crippen LogP contribution in [0.25, 0.3) is 0 Å². The lowest BCUT2D eigenvalue weighted by Crippen LogP contribution is -2.27. The molecule has 0 saturated heterocycles. The lowest BCUT2D eigenvalue weighted by atomic mass is 10.2. The van der Waals surface area contributed by atoms with Crippen LogP contribution in [0.4, 0.5) is 5.69 Å². The Bertz CT molecular complexity index is 440. The van der Waals surface area contributed by atoms with Crippen LogP contribution in [-0.2, 0) is 9.53 Å². The highest BCUT2D eigenvalue weighted by molar-refractivity contribution is 9.10. The Balaban J connectivity index is 2.92. The van der Waals surface area contributed by atoms with Crippen LogP contribution in [0.2, 0.25) is 0 Å². The molecule has 1 aromatic rings. The second-order valence-corrected chi connectivity index (χ2v) is 4.11. The average Bonchev–Trinajstić information content (AvgIpc) is 2.28. The van der Waals surface area contributed by atoms with E-state index in [-0.39, 0.29) is 5.97 Å². The fraction of sp³-hybridized carbons (Fsp3) is 0.273. The van der Waals surface area contributed by atoms with E-state index in [1.54, 1.807) is 25.1 Å². The Labute approximate surface area is 102 Å². The standard InChI is InChI=1S/C11H11BrN2O2/c1-7(11(15)16-2)14-10-5-9(12)4-3-8(10)6-13/h3-5,7,14H,1-2H3. The molecule has 0 fully saturated rings. The molecule has 0 saturated carbocycles. The summed E-state index contributed by atoms with van der Waals surface area (Å²) in [5, 5.41) is 11.8. The molecule has 1 rings (SSSR count). The van der Waals surface area contributed by atoms with Crippen LogP contribution in [0.5, 0.6) is 0 Å². The Morgan fingerprint density at radius 1 is 1.62 bits per heavy atom. The van der Waals surface area contributed by atoms with Crippen molar-refractivity contribution in [2.75, 3.05) is 12.4 Å². The third-order valence-electron chi connectivity index (χ3n) is 2.03. The van der Waals surface area contributed by atoms with Gasteiger partial charge in [0.15, 0.2) is 0 Å². The van der Waals surface area contributed by atoms with Crippen LogP contribution in [-0.4, -0.2) is 19.1 Å². The molecule has 1 aromatic carbocycles. The van der Waals surface area contributed by atoms with E-state index in [0.717, 1.165) is 4.47 Å². The normalized spacial score (nSPS) is 11.4. The number of benzene rings is 1. The maximum atomic E-state index is 11.2. The SMILES string of the molecule is COC(=O)C(C)Nc1cc(Br)ccc1C#N. The van der Waals surface area contributed by atoms with Crippen LogP contribution < -0.4 is 5.32 Å². The topological polar surface area (TPSA) is 62.1 Å². The summed E-state index contributed by atoms with van der Waals surface area (Å²) < 4.78 is 5.43. The van der Waals surface area contributed by atoms with Crippen LogP contribution >= 0.6 is 15.9 Å². The van der Waals surface area contributed by atoms with E-state index in [1.807, 2.05) is 6.07 Å². The Hall–Kier alpha value is -1.54. The molecule has 0 bridgehead atoms. The second-order valence-electron chi connectivity index (χ2n) is 3.19. The first-order valence-electron chi connectivity index (χ1n) is 4.62. The van der Waals surface area contributed by atoms with E-state index in [1.165, 1.54) is 7.11 Å². The van der Waals surface area contributed by atoms with E-state index < -0.39 is 6.04 Å². The first-order valence-corrected chi connectivity index (χ1v) is 5.41. The quantitative estimate of drug-likeness (QED) is 0.864. The van der Waals surface area contributed by atoms with Crippen LogP contribution in [0.3, 0.4) is 0 Å². The molecule has 0 aliphatic heterocycles. The summed E-state index contributed by atoms with van der Waals surface area (Å²) in [4.78, 5) is 11.2. The summed E-state index contributed by atoms with van der Waals surface area (Å²) in [5.74, 6) is -0.371. The van der Waals surface area contributed by atoms with E-state index in [2.05, 4.69) is 26.0 Å². The molecule has 4 nitrogen and oxygen atoms in total. The number of rotatable bonds is 3. The van der Waals surface area contributed by atoms with Crippen molar-refractivity contribution in [2.24, 2.45) is 0 Å². The number of esters is 1. The van der Waals surface area contributed by atoms with Crippen LogP contribution in [0, 0.1) is 11.3 Å². The highest BCUT2D eigenvalue weighted by Crippen LogP contribution is 2.21. The summed E-state index contributed by atoms with van der Waals surface area (Å²) in [6.07, 6.45) is 0. The third-order valence-corrected chi connectivity index (χ3v) is 2.52. The van der Waals surface area contributed by atoms with Gasteiger partial charge < -0.3 is 10.1 Å². The van der Waals surface area contributed by atoms with Gasteiger partial charge in [0.05, 0.1) is 18.4 Å². The van der Waals surface area contributed by atoms with Gasteiger partial charge in [-0.05, 0) is 25.1 Å². The van der Waals surface area contributed by atoms with Crippen molar-refractivity contribution in [3.05, 3.63) is 28.2 Å². The van der Waals surface area contributed by atoms with Gasteiger partial charge in [0.2, 0.25) is 0 Å². The lowest BCUT2D eigenvalue weighted by Gasteiger charge is -2.14. The molecular weight excluding hydrogens is 272 g/mol. The minimum atomic E-state index is -0.494. The van der Waals surface area contributed by atoms with Gasteiger partial charge >= 0.3 is 5.97 Å². The van der Waals surface area contributed by atoms with E-state index in [4.69, 9.17) is 5.26 Å². The van der Waals surface area contributed by atoms with Crippen molar-refractivity contribution in [3.63, 3.8) is 0 Å². The van der Waals surface area contributed by atoms with Gasteiger partial charge in [0, 0.05) is 4.47 Å². The molecule has 0 heterocycles. The van der Waals surface area contributed by atoms with Crippen molar-refractivity contribution in [2.45, 2.75) is 13.0 Å². The number of nitriles is 1. The Kier molecular flexibility index (Phi) is 4.32. The number of ether oxygens (including phenoxy) is 1. The smallest absolute Gasteiger partial charge is 0.327 e. The van der Waals surface area contributed by atoms with Crippen molar-refractivity contribution in [1.29, 1.82) is 5.26 Å². The Morgan fingerprint density at radius 3 is 2.88 bits per heavy atom. The molecule has 0 aromatic heterocycles. The van der Waals surface area contributed by atoms with Gasteiger partial charge in [0.25, 0.3) is 0 Å². The minimum Gasteiger partial charge on any atom is -0.467 e. The number of methoxy groups -OCH3 is 1. The molecule has 0 aliphatic rings. The summed E-state index contributed by atoms with van der Waals surface area (Å²) in [7, 11) is 1.33. The fourth-order valence-corrected chi connectivity index (χ4v) is 1.56. The number of nitrogens with zero attached hydrogens (tertiary/aromatic N) is 1. The van der Waals surface area contributed by atoms with Gasteiger partial charge in [-0.3, -0.25) is 0 Å². The van der Waals surface area contributed by atoms with Crippen molar-refractivity contribution in [3.8, 4) is 6.07 Å². The molecule has 1 atom stereocenters. The lowest BCUT2D eigenvalue weighted by molar-refractivity contribution is -0.141. The van der Waals surface area contributed by atoms with E-state index in [0.29, 0.717) is 11.3 Å². The molecule has 1 N–H and O–H groups in total. The zero-order chi connectivity index (χ0) is 12.1. The molecule has 0 spiro atoms. The third kappa shape index (κ3) is 2.97. The number of carbonyl (C=O) groups excluding carboxylic acids is 1. The highest BCUT2D eigenvalue weighted by atomic mass is 79.9. The molecule has 16 heavy (non-hydrogen) atoms. The van der Waals surface area contributed by atoms with Gasteiger partial charge in [-0.25, -0.2) is 4.79 Å². The zero-order valence-corrected chi connectivity index (χ0v) is 10.5. The highest BCUT2D eigenvalue weighted by Gasteiger charge is 2.14. The molecule has 1 unspecified atom stereocenters. The molecule has 84 valence electrons. The van der Waals surface area contributed by atoms with Crippen LogP contribution in [0.1, 0.15) is 12.5 Å². The molecule has 0 radical (unpaired) electrons. The fourth-order valence-electron chi connectivity index (χ4n) is 1.20. The predicted octanol–water partition coefficient (Wildman–Crippen LogP) is 2.29. The number of nitrogens with one attached hydrogen (secondary N) is 1. The number of hydrogen-bond donors (Lipinski definition) is 1. The maximum absolute atomic E-state index is 11.2. The average molecular weight is 283 g/mol. The van der Waals surface area contributed by atoms with Gasteiger partial charge in [-0.1, -0.05) is 15.9 Å². The second kappa shape index (κ2) is 5.52. The van der Waals surface area contributed by atoms with Crippen molar-refractivity contribution < 1.29 is 9.53 Å². The molecule has 5 heteroatoms. The van der Waals surface area contributed by atoms with Gasteiger partial charge in [-0.15, -0.1) is 0 Å². The number of carbonyl (C=O) groups is 1. The van der Waals surface area contributed by atoms with Crippen molar-refractivity contribution in [1.82, 2.24) is 0 Å². The van der Waals surface area contributed by atoms with Gasteiger partial charge in [0.1, 0.15) is 12.1 Å². The summed E-state index contributed by atoms with van der Waals surface area (Å²) >= 11 is 3.30. The summed E-state index contributed by atoms with van der Waals surface area (Å²) in [6, 6.07) is 6.75. The Morgan fingerprint density at radius 2 is 2.31 bits per heavy atom. The summed E-state index contributed by atoms with van der Waals surface area (Å²) in [5.41, 5.74) is 1.09. The van der Waals surface area contributed by atoms with E-state index >= 15 is 0 Å².